The Labute approximate surface area is 180 Å². The van der Waals surface area contributed by atoms with E-state index in [2.05, 4.69) is 53.7 Å². The third kappa shape index (κ3) is 6.21. The van der Waals surface area contributed by atoms with Crippen molar-refractivity contribution in [3.05, 3.63) is 41.5 Å². The van der Waals surface area contributed by atoms with Crippen molar-refractivity contribution in [1.29, 1.82) is 0 Å². The first-order chi connectivity index (χ1) is 14.4. The molecule has 164 valence electrons. The van der Waals surface area contributed by atoms with E-state index in [0.29, 0.717) is 18.5 Å². The molecule has 1 saturated carbocycles. The number of guanidine groups is 1. The summed E-state index contributed by atoms with van der Waals surface area (Å²) in [5.41, 5.74) is 1.20. The first kappa shape index (κ1) is 22.1. The van der Waals surface area contributed by atoms with Gasteiger partial charge in [0.1, 0.15) is 18.1 Å². The number of ether oxygens (including phenoxy) is 1. The second-order valence-electron chi connectivity index (χ2n) is 8.65. The van der Waals surface area contributed by atoms with Crippen LogP contribution < -0.4 is 15.4 Å². The average molecular weight is 413 g/mol. The fraction of sp³-hybridized carbons (Fsp3) is 0.609. The lowest BCUT2D eigenvalue weighted by Gasteiger charge is -2.22. The Bertz CT molecular complexity index is 821. The van der Waals surface area contributed by atoms with E-state index in [1.165, 1.54) is 31.2 Å². The number of nitrogens with one attached hydrogen (secondary N) is 2. The van der Waals surface area contributed by atoms with Crippen molar-refractivity contribution in [2.75, 3.05) is 6.61 Å². The second-order valence-corrected chi connectivity index (χ2v) is 8.65. The van der Waals surface area contributed by atoms with Gasteiger partial charge in [0.15, 0.2) is 11.8 Å². The molecule has 30 heavy (non-hydrogen) atoms. The fourth-order valence-corrected chi connectivity index (χ4v) is 3.54. The van der Waals surface area contributed by atoms with Crippen molar-refractivity contribution in [2.24, 2.45) is 18.0 Å². The van der Waals surface area contributed by atoms with Crippen LogP contribution in [0.3, 0.4) is 0 Å². The molecule has 1 aliphatic carbocycles. The van der Waals surface area contributed by atoms with Crippen LogP contribution >= 0.6 is 0 Å². The Morgan fingerprint density at radius 3 is 2.47 bits per heavy atom. The summed E-state index contributed by atoms with van der Waals surface area (Å²) in [7, 11) is 1.98. The molecule has 7 heteroatoms. The Kier molecular flexibility index (Phi) is 7.71. The van der Waals surface area contributed by atoms with Gasteiger partial charge in [-0.3, -0.25) is 0 Å². The van der Waals surface area contributed by atoms with Crippen molar-refractivity contribution in [3.8, 4) is 5.75 Å². The summed E-state index contributed by atoms with van der Waals surface area (Å²) < 4.78 is 7.78. The van der Waals surface area contributed by atoms with Crippen LogP contribution in [0.15, 0.2) is 29.3 Å². The van der Waals surface area contributed by atoms with Crippen molar-refractivity contribution in [3.63, 3.8) is 0 Å². The summed E-state index contributed by atoms with van der Waals surface area (Å²) in [6.07, 6.45) is 4.95. The van der Waals surface area contributed by atoms with E-state index in [0.717, 1.165) is 30.0 Å². The molecule has 0 bridgehead atoms. The quantitative estimate of drug-likeness (QED) is 0.508. The minimum atomic E-state index is 0.123. The van der Waals surface area contributed by atoms with Crippen molar-refractivity contribution >= 4 is 5.96 Å². The number of hydrogen-bond donors (Lipinski definition) is 2. The standard InChI is InChI=1S/C23H36N6O/c1-16(2)15-30-21-12-10-19(11-13-21)17(3)25-23(26-20-8-6-7-9-20)24-14-22-28-27-18(4)29(22)5/h10-13,16-17,20H,6-9,14-15H2,1-5H3,(H2,24,25,26). The van der Waals surface area contributed by atoms with Crippen LogP contribution in [-0.4, -0.2) is 33.4 Å². The molecule has 1 aromatic carbocycles. The number of aromatic nitrogens is 3. The molecule has 1 atom stereocenters. The first-order valence-corrected chi connectivity index (χ1v) is 11.1. The number of aryl methyl sites for hydroxylation is 1. The van der Waals surface area contributed by atoms with Crippen molar-refractivity contribution < 1.29 is 4.74 Å². The molecule has 0 amide bonds. The van der Waals surface area contributed by atoms with Gasteiger partial charge in [0.05, 0.1) is 12.6 Å². The number of aliphatic imine (C=N–C) groups is 1. The summed E-state index contributed by atoms with van der Waals surface area (Å²) in [6, 6.07) is 8.92. The number of rotatable bonds is 8. The van der Waals surface area contributed by atoms with E-state index in [1.807, 2.05) is 30.7 Å². The minimum absolute atomic E-state index is 0.123. The van der Waals surface area contributed by atoms with Crippen molar-refractivity contribution in [1.82, 2.24) is 25.4 Å². The Morgan fingerprint density at radius 1 is 1.17 bits per heavy atom. The van der Waals surface area contributed by atoms with E-state index in [9.17, 15) is 0 Å². The summed E-state index contributed by atoms with van der Waals surface area (Å²) in [4.78, 5) is 4.81. The lowest BCUT2D eigenvalue weighted by atomic mass is 10.1. The Balaban J connectivity index is 1.66. The maximum atomic E-state index is 5.80. The lowest BCUT2D eigenvalue weighted by Crippen LogP contribution is -2.43. The van der Waals surface area contributed by atoms with Crippen LogP contribution in [0, 0.1) is 12.8 Å². The molecule has 1 aromatic heterocycles. The maximum absolute atomic E-state index is 5.80. The second kappa shape index (κ2) is 10.5. The zero-order valence-corrected chi connectivity index (χ0v) is 19.0. The summed E-state index contributed by atoms with van der Waals surface area (Å²) in [5, 5.41) is 15.5. The van der Waals surface area contributed by atoms with Crippen LogP contribution in [0.4, 0.5) is 0 Å². The third-order valence-electron chi connectivity index (χ3n) is 5.57. The molecule has 0 aliphatic heterocycles. The van der Waals surface area contributed by atoms with E-state index >= 15 is 0 Å². The van der Waals surface area contributed by atoms with Gasteiger partial charge in [-0.2, -0.15) is 0 Å². The largest absolute Gasteiger partial charge is 0.493 e. The summed E-state index contributed by atoms with van der Waals surface area (Å²) in [6.45, 7) is 9.64. The van der Waals surface area contributed by atoms with Gasteiger partial charge in [-0.05, 0) is 50.3 Å². The third-order valence-corrected chi connectivity index (χ3v) is 5.57. The molecule has 1 unspecified atom stereocenters. The van der Waals surface area contributed by atoms with Gasteiger partial charge in [0.25, 0.3) is 0 Å². The van der Waals surface area contributed by atoms with Crippen LogP contribution in [-0.2, 0) is 13.6 Å². The molecular weight excluding hydrogens is 376 g/mol. The number of hydrogen-bond acceptors (Lipinski definition) is 4. The summed E-state index contributed by atoms with van der Waals surface area (Å²) >= 11 is 0. The monoisotopic (exact) mass is 412 g/mol. The highest BCUT2D eigenvalue weighted by Gasteiger charge is 2.18. The topological polar surface area (TPSA) is 76.4 Å². The smallest absolute Gasteiger partial charge is 0.192 e. The molecule has 1 heterocycles. The highest BCUT2D eigenvalue weighted by atomic mass is 16.5. The van der Waals surface area contributed by atoms with Crippen LogP contribution in [0.5, 0.6) is 5.75 Å². The molecule has 3 rings (SSSR count). The zero-order valence-electron chi connectivity index (χ0n) is 19.0. The molecule has 0 spiro atoms. The molecule has 1 aliphatic rings. The van der Waals surface area contributed by atoms with E-state index in [1.54, 1.807) is 0 Å². The summed E-state index contributed by atoms with van der Waals surface area (Å²) in [5.74, 6) is 4.01. The molecule has 2 aromatic rings. The van der Waals surface area contributed by atoms with Crippen LogP contribution in [0.2, 0.25) is 0 Å². The highest BCUT2D eigenvalue weighted by molar-refractivity contribution is 5.80. The molecule has 0 saturated heterocycles. The lowest BCUT2D eigenvalue weighted by molar-refractivity contribution is 0.271. The van der Waals surface area contributed by atoms with E-state index in [4.69, 9.17) is 9.73 Å². The Morgan fingerprint density at radius 2 is 1.87 bits per heavy atom. The van der Waals surface area contributed by atoms with Crippen LogP contribution in [0.25, 0.3) is 0 Å². The molecule has 7 nitrogen and oxygen atoms in total. The molecule has 2 N–H and O–H groups in total. The molecule has 0 radical (unpaired) electrons. The van der Waals surface area contributed by atoms with Crippen molar-refractivity contribution in [2.45, 2.75) is 72.0 Å². The van der Waals surface area contributed by atoms with Gasteiger partial charge in [0, 0.05) is 13.1 Å². The van der Waals surface area contributed by atoms with E-state index in [-0.39, 0.29) is 6.04 Å². The SMILES string of the molecule is Cc1nnc(CN=C(NC2CCCC2)NC(C)c2ccc(OCC(C)C)cc2)n1C. The number of nitrogens with zero attached hydrogens (tertiary/aromatic N) is 4. The first-order valence-electron chi connectivity index (χ1n) is 11.1. The zero-order chi connectivity index (χ0) is 21.5. The normalized spacial score (nSPS) is 16.1. The fourth-order valence-electron chi connectivity index (χ4n) is 3.54. The predicted octanol–water partition coefficient (Wildman–Crippen LogP) is 3.90. The van der Waals surface area contributed by atoms with E-state index < -0.39 is 0 Å². The van der Waals surface area contributed by atoms with Gasteiger partial charge < -0.3 is 19.9 Å². The minimum Gasteiger partial charge on any atom is -0.493 e. The van der Waals surface area contributed by atoms with Gasteiger partial charge in [0.2, 0.25) is 0 Å². The van der Waals surface area contributed by atoms with Gasteiger partial charge in [-0.1, -0.05) is 38.8 Å². The Hall–Kier alpha value is -2.57. The van der Waals surface area contributed by atoms with Crippen LogP contribution in [0.1, 0.15) is 69.7 Å². The predicted molar refractivity (Wildman–Crippen MR) is 121 cm³/mol. The van der Waals surface area contributed by atoms with Gasteiger partial charge in [-0.15, -0.1) is 10.2 Å². The average Bonchev–Trinajstić information content (AvgIpc) is 3.35. The molecule has 1 fully saturated rings. The molecular formula is C23H36N6O. The number of benzene rings is 1. The van der Waals surface area contributed by atoms with Gasteiger partial charge >= 0.3 is 0 Å². The van der Waals surface area contributed by atoms with Gasteiger partial charge in [-0.25, -0.2) is 4.99 Å². The maximum Gasteiger partial charge on any atom is 0.192 e. The highest BCUT2D eigenvalue weighted by Crippen LogP contribution is 2.20.